The van der Waals surface area contributed by atoms with Gasteiger partial charge in [-0.2, -0.15) is 0 Å². The Labute approximate surface area is 126 Å². The van der Waals surface area contributed by atoms with Crippen LogP contribution in [0.4, 0.5) is 0 Å². The fourth-order valence-corrected chi connectivity index (χ4v) is 2.16. The second-order valence-electron chi connectivity index (χ2n) is 4.64. The van der Waals surface area contributed by atoms with Crippen molar-refractivity contribution >= 4 is 11.6 Å². The molecule has 6 nitrogen and oxygen atoms in total. The number of aromatic carboxylic acids is 1. The summed E-state index contributed by atoms with van der Waals surface area (Å²) in [5.74, 6) is 0.323. The molecular formula is C16H14N2O4. The highest BCUT2D eigenvalue weighted by Gasteiger charge is 2.09. The highest BCUT2D eigenvalue weighted by molar-refractivity contribution is 5.88. The predicted octanol–water partition coefficient (Wildman–Crippen LogP) is 2.62. The molecule has 0 radical (unpaired) electrons. The highest BCUT2D eigenvalue weighted by atomic mass is 16.5. The summed E-state index contributed by atoms with van der Waals surface area (Å²) in [6, 6.07) is 10.4. The number of carbonyl (C=O) groups is 1. The van der Waals surface area contributed by atoms with E-state index < -0.39 is 5.97 Å². The van der Waals surface area contributed by atoms with Crippen molar-refractivity contribution in [3.63, 3.8) is 0 Å². The van der Waals surface area contributed by atoms with E-state index >= 15 is 0 Å². The quantitative estimate of drug-likeness (QED) is 0.784. The van der Waals surface area contributed by atoms with Gasteiger partial charge in [0, 0.05) is 6.20 Å². The van der Waals surface area contributed by atoms with Gasteiger partial charge in [-0.05, 0) is 24.3 Å². The van der Waals surface area contributed by atoms with Gasteiger partial charge in [-0.3, -0.25) is 0 Å². The Hall–Kier alpha value is -3.02. The molecule has 6 heteroatoms. The van der Waals surface area contributed by atoms with Crippen molar-refractivity contribution in [2.45, 2.75) is 6.61 Å². The van der Waals surface area contributed by atoms with Gasteiger partial charge in [-0.25, -0.2) is 9.78 Å². The molecule has 0 aliphatic carbocycles. The number of rotatable bonds is 5. The molecule has 2 heterocycles. The van der Waals surface area contributed by atoms with E-state index in [1.807, 2.05) is 24.3 Å². The maximum Gasteiger partial charge on any atom is 0.335 e. The van der Waals surface area contributed by atoms with Crippen molar-refractivity contribution in [2.24, 2.45) is 0 Å². The summed E-state index contributed by atoms with van der Waals surface area (Å²) >= 11 is 0. The Morgan fingerprint density at radius 3 is 2.77 bits per heavy atom. The van der Waals surface area contributed by atoms with Gasteiger partial charge in [0.15, 0.2) is 11.5 Å². The Bertz CT molecular complexity index is 826. The van der Waals surface area contributed by atoms with Crippen LogP contribution < -0.4 is 9.47 Å². The zero-order chi connectivity index (χ0) is 15.5. The van der Waals surface area contributed by atoms with Crippen LogP contribution >= 0.6 is 0 Å². The first-order valence-corrected chi connectivity index (χ1v) is 6.64. The normalized spacial score (nSPS) is 10.6. The third-order valence-corrected chi connectivity index (χ3v) is 3.28. The molecule has 0 aliphatic heterocycles. The van der Waals surface area contributed by atoms with Crippen molar-refractivity contribution in [2.75, 3.05) is 7.11 Å². The van der Waals surface area contributed by atoms with E-state index in [9.17, 15) is 4.79 Å². The number of imidazole rings is 1. The molecule has 0 unspecified atom stereocenters. The van der Waals surface area contributed by atoms with Crippen LogP contribution in [0.5, 0.6) is 11.5 Å². The highest BCUT2D eigenvalue weighted by Crippen LogP contribution is 2.26. The minimum atomic E-state index is -0.975. The van der Waals surface area contributed by atoms with Crippen molar-refractivity contribution in [1.29, 1.82) is 0 Å². The number of aromatic nitrogens is 2. The third kappa shape index (κ3) is 2.58. The van der Waals surface area contributed by atoms with Gasteiger partial charge in [0.25, 0.3) is 0 Å². The summed E-state index contributed by atoms with van der Waals surface area (Å²) in [5, 5.41) is 8.99. The zero-order valence-electron chi connectivity index (χ0n) is 11.9. The molecule has 3 rings (SSSR count). The average molecular weight is 298 g/mol. The lowest BCUT2D eigenvalue weighted by Gasteiger charge is -2.10. The standard InChI is InChI=1S/C16H14N2O4/c1-21-13-4-2-3-5-14(13)22-10-12-9-17-15-8-11(16(19)20)6-7-18(12)15/h2-9H,10H2,1H3,(H,19,20). The van der Waals surface area contributed by atoms with E-state index in [0.717, 1.165) is 5.69 Å². The number of para-hydroxylation sites is 2. The summed E-state index contributed by atoms with van der Waals surface area (Å²) < 4.78 is 12.8. The van der Waals surface area contributed by atoms with Crippen LogP contribution in [0.2, 0.25) is 0 Å². The Balaban J connectivity index is 1.84. The van der Waals surface area contributed by atoms with E-state index in [-0.39, 0.29) is 5.56 Å². The molecule has 0 aliphatic rings. The number of carboxylic acid groups (broad SMARTS) is 1. The molecule has 2 aromatic heterocycles. The van der Waals surface area contributed by atoms with Crippen LogP contribution in [0.15, 0.2) is 48.8 Å². The fraction of sp³-hybridized carbons (Fsp3) is 0.125. The van der Waals surface area contributed by atoms with Crippen LogP contribution in [-0.4, -0.2) is 27.6 Å². The minimum absolute atomic E-state index is 0.204. The molecule has 112 valence electrons. The number of hydrogen-bond acceptors (Lipinski definition) is 4. The number of pyridine rings is 1. The number of hydrogen-bond donors (Lipinski definition) is 1. The zero-order valence-corrected chi connectivity index (χ0v) is 11.9. The van der Waals surface area contributed by atoms with Gasteiger partial charge in [0.1, 0.15) is 12.3 Å². The van der Waals surface area contributed by atoms with Crippen LogP contribution in [0.25, 0.3) is 5.65 Å². The first-order chi connectivity index (χ1) is 10.7. The SMILES string of the molecule is COc1ccccc1OCc1cnc2cc(C(=O)O)ccn12. The van der Waals surface area contributed by atoms with E-state index in [2.05, 4.69) is 4.98 Å². The summed E-state index contributed by atoms with van der Waals surface area (Å²) in [5.41, 5.74) is 1.59. The van der Waals surface area contributed by atoms with E-state index in [1.165, 1.54) is 12.1 Å². The largest absolute Gasteiger partial charge is 0.493 e. The molecule has 0 saturated carbocycles. The van der Waals surface area contributed by atoms with Gasteiger partial charge in [-0.1, -0.05) is 12.1 Å². The molecule has 0 bridgehead atoms. The lowest BCUT2D eigenvalue weighted by atomic mass is 10.3. The number of benzene rings is 1. The van der Waals surface area contributed by atoms with Crippen LogP contribution in [0.3, 0.4) is 0 Å². The van der Waals surface area contributed by atoms with Crippen LogP contribution in [0, 0.1) is 0 Å². The molecule has 1 N–H and O–H groups in total. The molecule has 0 fully saturated rings. The maximum atomic E-state index is 11.0. The number of carboxylic acids is 1. The van der Waals surface area contributed by atoms with Gasteiger partial charge in [0.2, 0.25) is 0 Å². The summed E-state index contributed by atoms with van der Waals surface area (Å²) in [4.78, 5) is 15.2. The molecule has 0 spiro atoms. The van der Waals surface area contributed by atoms with Gasteiger partial charge in [0.05, 0.1) is 24.6 Å². The predicted molar refractivity (Wildman–Crippen MR) is 79.5 cm³/mol. The lowest BCUT2D eigenvalue weighted by molar-refractivity contribution is 0.0697. The number of methoxy groups -OCH3 is 1. The van der Waals surface area contributed by atoms with Gasteiger partial charge in [-0.15, -0.1) is 0 Å². The van der Waals surface area contributed by atoms with E-state index in [4.69, 9.17) is 14.6 Å². The van der Waals surface area contributed by atoms with Crippen molar-refractivity contribution < 1.29 is 19.4 Å². The van der Waals surface area contributed by atoms with Gasteiger partial charge >= 0.3 is 5.97 Å². The summed E-state index contributed by atoms with van der Waals surface area (Å²) in [7, 11) is 1.59. The first-order valence-electron chi connectivity index (χ1n) is 6.64. The Morgan fingerprint density at radius 1 is 1.27 bits per heavy atom. The molecule has 1 aromatic carbocycles. The topological polar surface area (TPSA) is 73.1 Å². The summed E-state index contributed by atoms with van der Waals surface area (Å²) in [6.45, 7) is 0.300. The maximum absolute atomic E-state index is 11.0. The smallest absolute Gasteiger partial charge is 0.335 e. The summed E-state index contributed by atoms with van der Waals surface area (Å²) in [6.07, 6.45) is 3.34. The molecule has 0 amide bonds. The molecule has 0 saturated heterocycles. The molecule has 22 heavy (non-hydrogen) atoms. The number of ether oxygens (including phenoxy) is 2. The lowest BCUT2D eigenvalue weighted by Crippen LogP contribution is -2.02. The van der Waals surface area contributed by atoms with Crippen LogP contribution in [-0.2, 0) is 6.61 Å². The van der Waals surface area contributed by atoms with Crippen molar-refractivity contribution in [3.8, 4) is 11.5 Å². The minimum Gasteiger partial charge on any atom is -0.493 e. The number of nitrogens with zero attached hydrogens (tertiary/aromatic N) is 2. The Morgan fingerprint density at radius 2 is 2.05 bits per heavy atom. The first kappa shape index (κ1) is 13.9. The monoisotopic (exact) mass is 298 g/mol. The van der Waals surface area contributed by atoms with E-state index in [1.54, 1.807) is 23.9 Å². The second-order valence-corrected chi connectivity index (χ2v) is 4.64. The Kier molecular flexibility index (Phi) is 3.65. The molecular weight excluding hydrogens is 284 g/mol. The molecule has 3 aromatic rings. The fourth-order valence-electron chi connectivity index (χ4n) is 2.16. The van der Waals surface area contributed by atoms with Crippen LogP contribution in [0.1, 0.15) is 16.1 Å². The number of fused-ring (bicyclic) bond motifs is 1. The van der Waals surface area contributed by atoms with E-state index in [0.29, 0.717) is 23.8 Å². The third-order valence-electron chi connectivity index (χ3n) is 3.28. The van der Waals surface area contributed by atoms with Crippen molar-refractivity contribution in [3.05, 3.63) is 60.0 Å². The average Bonchev–Trinajstić information content (AvgIpc) is 2.95. The molecule has 0 atom stereocenters. The van der Waals surface area contributed by atoms with Crippen molar-refractivity contribution in [1.82, 2.24) is 9.38 Å². The van der Waals surface area contributed by atoms with Gasteiger partial charge < -0.3 is 19.0 Å². The second kappa shape index (κ2) is 5.77.